The number of hydrogen-bond acceptors (Lipinski definition) is 2. The molecule has 0 aliphatic heterocycles. The van der Waals surface area contributed by atoms with Crippen LogP contribution in [0.4, 0.5) is 0 Å². The summed E-state index contributed by atoms with van der Waals surface area (Å²) >= 11 is 0. The first-order chi connectivity index (χ1) is 27.3. The van der Waals surface area contributed by atoms with Crippen molar-refractivity contribution in [2.24, 2.45) is 0 Å². The summed E-state index contributed by atoms with van der Waals surface area (Å²) in [6.07, 6.45) is 1.91. The lowest BCUT2D eigenvalue weighted by Gasteiger charge is -2.12. The molecule has 0 fully saturated rings. The summed E-state index contributed by atoms with van der Waals surface area (Å²) in [7, 11) is 0. The standard InChI is InChI=1S/C52H33N3/c1-3-22-46-42(18-1)43-19-2-4-23-47(43)52-51(46)53-33-48(54-52)35-28-26-34(27-29-35)36-12-9-13-37(30-36)38-14-10-15-39(31-38)40-16-11-17-41(32-40)55-49-24-7-5-20-44(49)45-21-6-8-25-50(45)55/h1-33H. The zero-order chi connectivity index (χ0) is 36.3. The molecule has 0 atom stereocenters. The highest BCUT2D eigenvalue weighted by atomic mass is 15.0. The fourth-order valence-electron chi connectivity index (χ4n) is 8.38. The van der Waals surface area contributed by atoms with Gasteiger partial charge in [-0.1, -0.05) is 158 Å². The maximum absolute atomic E-state index is 5.20. The van der Waals surface area contributed by atoms with Crippen LogP contribution < -0.4 is 0 Å². The Kier molecular flexibility index (Phi) is 7.17. The van der Waals surface area contributed by atoms with Gasteiger partial charge >= 0.3 is 0 Å². The van der Waals surface area contributed by atoms with Crippen LogP contribution in [0, 0.1) is 0 Å². The Balaban J connectivity index is 0.915. The molecule has 0 unspecified atom stereocenters. The second kappa shape index (κ2) is 12.6. The number of rotatable bonds is 5. The molecular weight excluding hydrogens is 667 g/mol. The van der Waals surface area contributed by atoms with Crippen LogP contribution in [0.15, 0.2) is 200 Å². The molecule has 0 N–H and O–H groups in total. The summed E-state index contributed by atoms with van der Waals surface area (Å²) in [6.45, 7) is 0. The summed E-state index contributed by atoms with van der Waals surface area (Å²) in [4.78, 5) is 10.2. The van der Waals surface area contributed by atoms with Crippen molar-refractivity contribution >= 4 is 54.4 Å². The van der Waals surface area contributed by atoms with Gasteiger partial charge in [-0.15, -0.1) is 0 Å². The van der Waals surface area contributed by atoms with Crippen LogP contribution in [0.2, 0.25) is 0 Å². The van der Waals surface area contributed by atoms with Crippen molar-refractivity contribution in [1.82, 2.24) is 14.5 Å². The molecule has 2 aromatic heterocycles. The number of benzene rings is 9. The second-order valence-electron chi connectivity index (χ2n) is 14.2. The van der Waals surface area contributed by atoms with Gasteiger partial charge in [0.15, 0.2) is 0 Å². The van der Waals surface area contributed by atoms with Gasteiger partial charge in [0.2, 0.25) is 0 Å². The van der Waals surface area contributed by atoms with E-state index >= 15 is 0 Å². The minimum Gasteiger partial charge on any atom is -0.309 e. The summed E-state index contributed by atoms with van der Waals surface area (Å²) in [5.41, 5.74) is 14.4. The van der Waals surface area contributed by atoms with E-state index in [0.29, 0.717) is 0 Å². The van der Waals surface area contributed by atoms with Gasteiger partial charge in [0.1, 0.15) is 0 Å². The maximum Gasteiger partial charge on any atom is 0.0979 e. The second-order valence-corrected chi connectivity index (χ2v) is 14.2. The van der Waals surface area contributed by atoms with Crippen LogP contribution in [-0.4, -0.2) is 14.5 Å². The Hall–Kier alpha value is -7.36. The molecule has 0 radical (unpaired) electrons. The quantitative estimate of drug-likeness (QED) is 0.167. The Morgan fingerprint density at radius 1 is 0.309 bits per heavy atom. The van der Waals surface area contributed by atoms with E-state index in [1.165, 1.54) is 60.4 Å². The maximum atomic E-state index is 5.20. The number of nitrogens with zero attached hydrogens (tertiary/aromatic N) is 3. The number of fused-ring (bicyclic) bond motifs is 9. The van der Waals surface area contributed by atoms with Crippen molar-refractivity contribution in [3.8, 4) is 50.3 Å². The summed E-state index contributed by atoms with van der Waals surface area (Å²) in [5.74, 6) is 0. The number of aromatic nitrogens is 3. The third-order valence-corrected chi connectivity index (χ3v) is 11.0. The van der Waals surface area contributed by atoms with Crippen LogP contribution in [0.25, 0.3) is 105 Å². The van der Waals surface area contributed by atoms with Crippen LogP contribution in [-0.2, 0) is 0 Å². The van der Waals surface area contributed by atoms with E-state index in [1.54, 1.807) is 0 Å². The first-order valence-corrected chi connectivity index (χ1v) is 18.7. The lowest BCUT2D eigenvalue weighted by atomic mass is 9.95. The molecule has 3 heteroatoms. The summed E-state index contributed by atoms with van der Waals surface area (Å²) in [5, 5.41) is 7.19. The van der Waals surface area contributed by atoms with Crippen molar-refractivity contribution in [2.45, 2.75) is 0 Å². The lowest BCUT2D eigenvalue weighted by Crippen LogP contribution is -1.94. The predicted molar refractivity (Wildman–Crippen MR) is 231 cm³/mol. The largest absolute Gasteiger partial charge is 0.309 e. The van der Waals surface area contributed by atoms with Gasteiger partial charge in [-0.2, -0.15) is 0 Å². The Morgan fingerprint density at radius 3 is 1.33 bits per heavy atom. The van der Waals surface area contributed by atoms with Crippen molar-refractivity contribution in [2.75, 3.05) is 0 Å². The van der Waals surface area contributed by atoms with E-state index in [2.05, 4.69) is 199 Å². The monoisotopic (exact) mass is 699 g/mol. The normalized spacial score (nSPS) is 11.6. The Morgan fingerprint density at radius 2 is 0.745 bits per heavy atom. The molecule has 9 aromatic carbocycles. The highest BCUT2D eigenvalue weighted by Gasteiger charge is 2.14. The van der Waals surface area contributed by atoms with E-state index in [1.807, 2.05) is 6.20 Å². The van der Waals surface area contributed by atoms with Crippen LogP contribution >= 0.6 is 0 Å². The summed E-state index contributed by atoms with van der Waals surface area (Å²) < 4.78 is 2.38. The average molecular weight is 700 g/mol. The zero-order valence-corrected chi connectivity index (χ0v) is 29.9. The minimum atomic E-state index is 0.868. The first-order valence-electron chi connectivity index (χ1n) is 18.7. The fourth-order valence-corrected chi connectivity index (χ4v) is 8.38. The van der Waals surface area contributed by atoms with E-state index in [9.17, 15) is 0 Å². The molecule has 0 spiro atoms. The molecule has 0 bridgehead atoms. The van der Waals surface area contributed by atoms with Gasteiger partial charge in [-0.25, -0.2) is 4.98 Å². The third-order valence-electron chi connectivity index (χ3n) is 11.0. The average Bonchev–Trinajstić information content (AvgIpc) is 3.61. The molecule has 0 amide bonds. The van der Waals surface area contributed by atoms with Crippen LogP contribution in [0.1, 0.15) is 0 Å². The van der Waals surface area contributed by atoms with Crippen molar-refractivity contribution in [3.05, 3.63) is 200 Å². The molecule has 2 heterocycles. The van der Waals surface area contributed by atoms with E-state index in [0.717, 1.165) is 44.3 Å². The van der Waals surface area contributed by atoms with E-state index in [4.69, 9.17) is 9.97 Å². The van der Waals surface area contributed by atoms with Gasteiger partial charge in [-0.3, -0.25) is 4.98 Å². The van der Waals surface area contributed by atoms with Gasteiger partial charge in [0, 0.05) is 32.8 Å². The minimum absolute atomic E-state index is 0.868. The van der Waals surface area contributed by atoms with E-state index in [-0.39, 0.29) is 0 Å². The number of hydrogen-bond donors (Lipinski definition) is 0. The molecule has 11 aromatic rings. The molecule has 0 aliphatic rings. The lowest BCUT2D eigenvalue weighted by molar-refractivity contribution is 1.18. The van der Waals surface area contributed by atoms with Gasteiger partial charge < -0.3 is 4.57 Å². The zero-order valence-electron chi connectivity index (χ0n) is 29.9. The van der Waals surface area contributed by atoms with Crippen LogP contribution in [0.5, 0.6) is 0 Å². The third kappa shape index (κ3) is 5.20. The molecule has 3 nitrogen and oxygen atoms in total. The SMILES string of the molecule is c1cc(-c2ccc(-c3cnc4c5ccccc5c5ccccc5c4n3)cc2)cc(-c2cccc(-c3cccc(-n4c5ccccc5c5ccccc54)c3)c2)c1. The predicted octanol–water partition coefficient (Wildman–Crippen LogP) is 13.7. The summed E-state index contributed by atoms with van der Waals surface area (Å²) in [6, 6.07) is 69.6. The number of para-hydroxylation sites is 2. The highest BCUT2D eigenvalue weighted by Crippen LogP contribution is 2.37. The topological polar surface area (TPSA) is 30.7 Å². The molecule has 0 saturated heterocycles. The van der Waals surface area contributed by atoms with Crippen LogP contribution in [0.3, 0.4) is 0 Å². The Bertz CT molecular complexity index is 3170. The molecule has 55 heavy (non-hydrogen) atoms. The van der Waals surface area contributed by atoms with Gasteiger partial charge in [0.05, 0.1) is 34.0 Å². The van der Waals surface area contributed by atoms with E-state index < -0.39 is 0 Å². The first kappa shape index (κ1) is 31.2. The highest BCUT2D eigenvalue weighted by molar-refractivity contribution is 6.23. The molecular formula is C52H33N3. The molecule has 0 aliphatic carbocycles. The molecule has 0 saturated carbocycles. The van der Waals surface area contributed by atoms with Crippen molar-refractivity contribution < 1.29 is 0 Å². The van der Waals surface area contributed by atoms with Gasteiger partial charge in [0.25, 0.3) is 0 Å². The fraction of sp³-hybridized carbons (Fsp3) is 0. The van der Waals surface area contributed by atoms with Crippen molar-refractivity contribution in [1.29, 1.82) is 0 Å². The molecule has 256 valence electrons. The van der Waals surface area contributed by atoms with Gasteiger partial charge in [-0.05, 0) is 80.6 Å². The van der Waals surface area contributed by atoms with Crippen molar-refractivity contribution in [3.63, 3.8) is 0 Å². The Labute approximate surface area is 318 Å². The smallest absolute Gasteiger partial charge is 0.0979 e. The molecule has 11 rings (SSSR count).